The fourth-order valence-electron chi connectivity index (χ4n) is 3.32. The first-order chi connectivity index (χ1) is 16.4. The molecule has 1 aromatic carbocycles. The first kappa shape index (κ1) is 28.5. The van der Waals surface area contributed by atoms with Crippen molar-refractivity contribution in [1.29, 1.82) is 0 Å². The van der Waals surface area contributed by atoms with Crippen LogP contribution >= 0.6 is 0 Å². The van der Waals surface area contributed by atoms with E-state index in [1.165, 1.54) is 11.1 Å². The zero-order valence-corrected chi connectivity index (χ0v) is 22.3. The van der Waals surface area contributed by atoms with Crippen LogP contribution in [-0.2, 0) is 0 Å². The van der Waals surface area contributed by atoms with E-state index in [0.29, 0.717) is 0 Å². The minimum atomic E-state index is 0.765. The molecule has 4 nitrogen and oxygen atoms in total. The maximum absolute atomic E-state index is 4.60. The molecule has 0 unspecified atom stereocenters. The second-order valence-electron chi connectivity index (χ2n) is 7.38. The third-order valence-electron chi connectivity index (χ3n) is 4.96. The van der Waals surface area contributed by atoms with Gasteiger partial charge < -0.3 is 5.32 Å². The van der Waals surface area contributed by atoms with Gasteiger partial charge >= 0.3 is 0 Å². The van der Waals surface area contributed by atoms with Gasteiger partial charge in [-0.25, -0.2) is 15.0 Å². The lowest BCUT2D eigenvalue weighted by atomic mass is 9.99. The summed E-state index contributed by atoms with van der Waals surface area (Å²) in [5, 5.41) is 3.36. The molecular formula is C30H40N4. The van der Waals surface area contributed by atoms with Gasteiger partial charge in [-0.15, -0.1) is 0 Å². The van der Waals surface area contributed by atoms with Crippen molar-refractivity contribution in [2.75, 3.05) is 5.32 Å². The first-order valence-corrected chi connectivity index (χ1v) is 12.0. The minimum Gasteiger partial charge on any atom is -0.340 e. The number of nitrogens with zero attached hydrogens (tertiary/aromatic N) is 3. The highest BCUT2D eigenvalue weighted by atomic mass is 15.0. The molecule has 0 bridgehead atoms. The maximum Gasteiger partial charge on any atom is 0.130 e. The van der Waals surface area contributed by atoms with Crippen molar-refractivity contribution in [3.63, 3.8) is 0 Å². The van der Waals surface area contributed by atoms with E-state index in [1.807, 2.05) is 65.9 Å². The van der Waals surface area contributed by atoms with Gasteiger partial charge in [0.1, 0.15) is 11.6 Å². The number of pyridine rings is 1. The Morgan fingerprint density at radius 1 is 0.971 bits per heavy atom. The summed E-state index contributed by atoms with van der Waals surface area (Å²) in [5.74, 6) is 1.54. The molecule has 4 heteroatoms. The molecule has 0 atom stereocenters. The summed E-state index contributed by atoms with van der Waals surface area (Å²) < 4.78 is 0. The van der Waals surface area contributed by atoms with Crippen molar-refractivity contribution in [2.45, 2.75) is 62.3 Å². The quantitative estimate of drug-likeness (QED) is 0.404. The summed E-state index contributed by atoms with van der Waals surface area (Å²) >= 11 is 0. The van der Waals surface area contributed by atoms with Crippen LogP contribution in [0.25, 0.3) is 23.4 Å². The zero-order valence-electron chi connectivity index (χ0n) is 22.3. The fraction of sp³-hybridized carbons (Fsp3) is 0.300. The highest BCUT2D eigenvalue weighted by molar-refractivity contribution is 5.82. The third-order valence-corrected chi connectivity index (χ3v) is 4.96. The summed E-state index contributed by atoms with van der Waals surface area (Å²) in [6.45, 7) is 22.4. The highest BCUT2D eigenvalue weighted by Crippen LogP contribution is 2.25. The Balaban J connectivity index is 0.00000137. The Labute approximate surface area is 206 Å². The van der Waals surface area contributed by atoms with Crippen molar-refractivity contribution in [3.05, 3.63) is 94.7 Å². The van der Waals surface area contributed by atoms with Crippen molar-refractivity contribution in [3.8, 4) is 0 Å². The molecule has 0 spiro atoms. The third kappa shape index (κ3) is 7.80. The topological polar surface area (TPSA) is 50.7 Å². The molecule has 3 aromatic rings. The molecule has 2 aromatic heterocycles. The van der Waals surface area contributed by atoms with Crippen molar-refractivity contribution in [2.24, 2.45) is 0 Å². The van der Waals surface area contributed by atoms with Gasteiger partial charge in [0.25, 0.3) is 0 Å². The van der Waals surface area contributed by atoms with Gasteiger partial charge in [0, 0.05) is 23.7 Å². The van der Waals surface area contributed by atoms with Gasteiger partial charge in [-0.1, -0.05) is 64.6 Å². The summed E-state index contributed by atoms with van der Waals surface area (Å²) in [4.78, 5) is 13.3. The molecule has 0 aliphatic rings. The number of benzene rings is 1. The number of rotatable bonds is 6. The minimum absolute atomic E-state index is 0.765. The van der Waals surface area contributed by atoms with Crippen molar-refractivity contribution < 1.29 is 0 Å². The Morgan fingerprint density at radius 3 is 2.29 bits per heavy atom. The smallest absolute Gasteiger partial charge is 0.130 e. The van der Waals surface area contributed by atoms with Gasteiger partial charge in [-0.3, -0.25) is 0 Å². The van der Waals surface area contributed by atoms with Crippen LogP contribution in [-0.4, -0.2) is 15.0 Å². The standard InChI is InChI=1S/C26H28N4.2C2H6/c1-7-9-23-17(2)10-8-11-24(23)20(5)29-26-15-18(3)22(16-28-26)14-19(4)25-12-13-27-21(6)30-25;2*1-2/h7-16H,5H2,1-4,6H3,(H,28,29);2*1-2H3/b9-7+,19-14+;;. The molecule has 1 N–H and O–H groups in total. The molecule has 0 saturated heterocycles. The second-order valence-corrected chi connectivity index (χ2v) is 7.38. The van der Waals surface area contributed by atoms with Crippen LogP contribution in [0.5, 0.6) is 0 Å². The van der Waals surface area contributed by atoms with E-state index in [4.69, 9.17) is 0 Å². The molecule has 0 fully saturated rings. The van der Waals surface area contributed by atoms with Crippen LogP contribution in [0.1, 0.15) is 80.9 Å². The monoisotopic (exact) mass is 456 g/mol. The molecule has 2 heterocycles. The van der Waals surface area contributed by atoms with E-state index in [9.17, 15) is 0 Å². The molecule has 34 heavy (non-hydrogen) atoms. The number of anilines is 1. The first-order valence-electron chi connectivity index (χ1n) is 12.0. The molecular weight excluding hydrogens is 416 g/mol. The van der Waals surface area contributed by atoms with Gasteiger partial charge in [-0.2, -0.15) is 0 Å². The van der Waals surface area contributed by atoms with E-state index in [0.717, 1.165) is 45.3 Å². The number of aromatic nitrogens is 3. The SMILES string of the molecule is C=C(Nc1cc(C)c(/C=C(\C)c2ccnc(C)n2)cn1)c1cccc(C)c1/C=C/C.CC.CC. The Kier molecular flexibility index (Phi) is 12.2. The number of hydrogen-bond donors (Lipinski definition) is 1. The van der Waals surface area contributed by atoms with Crippen molar-refractivity contribution >= 4 is 29.2 Å². The summed E-state index contributed by atoms with van der Waals surface area (Å²) in [7, 11) is 0. The lowest BCUT2D eigenvalue weighted by Crippen LogP contribution is -2.03. The molecule has 0 aliphatic carbocycles. The largest absolute Gasteiger partial charge is 0.340 e. The van der Waals surface area contributed by atoms with Crippen molar-refractivity contribution in [1.82, 2.24) is 15.0 Å². The molecule has 0 saturated carbocycles. The lowest BCUT2D eigenvalue weighted by molar-refractivity contribution is 1.04. The van der Waals surface area contributed by atoms with Gasteiger partial charge in [0.2, 0.25) is 0 Å². The maximum atomic E-state index is 4.60. The summed E-state index contributed by atoms with van der Waals surface area (Å²) in [6.07, 6.45) is 9.93. The van der Waals surface area contributed by atoms with E-state index in [2.05, 4.69) is 78.0 Å². The highest BCUT2D eigenvalue weighted by Gasteiger charge is 2.08. The van der Waals surface area contributed by atoms with Crippen LogP contribution in [0.3, 0.4) is 0 Å². The van der Waals surface area contributed by atoms with E-state index in [-0.39, 0.29) is 0 Å². The van der Waals surface area contributed by atoms with Gasteiger partial charge in [0.05, 0.1) is 5.69 Å². The Hall–Kier alpha value is -3.53. The van der Waals surface area contributed by atoms with E-state index >= 15 is 0 Å². The zero-order chi connectivity index (χ0) is 25.7. The Morgan fingerprint density at radius 2 is 1.68 bits per heavy atom. The van der Waals surface area contributed by atoms with Crippen LogP contribution < -0.4 is 5.32 Å². The normalized spacial score (nSPS) is 10.7. The average molecular weight is 457 g/mol. The van der Waals surface area contributed by atoms with E-state index in [1.54, 1.807) is 6.20 Å². The van der Waals surface area contributed by atoms with Gasteiger partial charge in [-0.05, 0) is 80.7 Å². The molecule has 0 aliphatic heterocycles. The van der Waals surface area contributed by atoms with Gasteiger partial charge in [0.15, 0.2) is 0 Å². The molecule has 0 radical (unpaired) electrons. The predicted molar refractivity (Wildman–Crippen MR) is 151 cm³/mol. The Bertz CT molecular complexity index is 1140. The lowest BCUT2D eigenvalue weighted by Gasteiger charge is -2.14. The predicted octanol–water partition coefficient (Wildman–Crippen LogP) is 8.53. The summed E-state index contributed by atoms with van der Waals surface area (Å²) in [6, 6.07) is 10.2. The second kappa shape index (κ2) is 14.6. The number of hydrogen-bond acceptors (Lipinski definition) is 4. The molecule has 0 amide bonds. The van der Waals surface area contributed by atoms with Crippen LogP contribution in [0.4, 0.5) is 5.82 Å². The average Bonchev–Trinajstić information content (AvgIpc) is 2.84. The molecule has 180 valence electrons. The van der Waals surface area contributed by atoms with Crippen LogP contribution in [0.15, 0.2) is 55.4 Å². The summed E-state index contributed by atoms with van der Waals surface area (Å²) in [5.41, 5.74) is 8.48. The molecule has 3 rings (SSSR count). The van der Waals surface area contributed by atoms with Crippen LogP contribution in [0.2, 0.25) is 0 Å². The van der Waals surface area contributed by atoms with Crippen LogP contribution in [0, 0.1) is 20.8 Å². The fourth-order valence-corrected chi connectivity index (χ4v) is 3.32. The van der Waals surface area contributed by atoms with E-state index < -0.39 is 0 Å². The number of aryl methyl sites for hydroxylation is 3. The number of allylic oxidation sites excluding steroid dienone is 2. The number of nitrogens with one attached hydrogen (secondary N) is 1.